The van der Waals surface area contributed by atoms with E-state index in [-0.39, 0.29) is 5.95 Å². The van der Waals surface area contributed by atoms with Crippen molar-refractivity contribution in [3.8, 4) is 0 Å². The van der Waals surface area contributed by atoms with E-state index < -0.39 is 0 Å². The molecule has 2 heterocycles. The number of nitrogens with zero attached hydrogens (tertiary/aromatic N) is 4. The zero-order valence-corrected chi connectivity index (χ0v) is 11.2. The monoisotopic (exact) mass is 268 g/mol. The SMILES string of the molecule is Cn1ccnc1CCNc1nc(N)nc2ccccc12. The van der Waals surface area contributed by atoms with Crippen molar-refractivity contribution < 1.29 is 0 Å². The molecule has 0 bridgehead atoms. The highest BCUT2D eigenvalue weighted by atomic mass is 15.1. The predicted molar refractivity (Wildman–Crippen MR) is 79.4 cm³/mol. The Hall–Kier alpha value is -2.63. The maximum absolute atomic E-state index is 5.74. The fourth-order valence-corrected chi connectivity index (χ4v) is 2.16. The van der Waals surface area contributed by atoms with Crippen LogP contribution in [0.3, 0.4) is 0 Å². The second-order valence-electron chi connectivity index (χ2n) is 4.58. The smallest absolute Gasteiger partial charge is 0.222 e. The van der Waals surface area contributed by atoms with Crippen molar-refractivity contribution in [1.82, 2.24) is 19.5 Å². The van der Waals surface area contributed by atoms with E-state index in [9.17, 15) is 0 Å². The van der Waals surface area contributed by atoms with Crippen LogP contribution < -0.4 is 11.1 Å². The van der Waals surface area contributed by atoms with Crippen LogP contribution in [0.5, 0.6) is 0 Å². The summed E-state index contributed by atoms with van der Waals surface area (Å²) in [7, 11) is 1.99. The van der Waals surface area contributed by atoms with E-state index >= 15 is 0 Å². The van der Waals surface area contributed by atoms with Crippen LogP contribution in [0, 0.1) is 0 Å². The number of benzene rings is 1. The molecule has 0 saturated carbocycles. The van der Waals surface area contributed by atoms with Crippen LogP contribution >= 0.6 is 0 Å². The molecule has 3 N–H and O–H groups in total. The first-order valence-corrected chi connectivity index (χ1v) is 6.46. The molecule has 0 radical (unpaired) electrons. The van der Waals surface area contributed by atoms with Gasteiger partial charge in [0.2, 0.25) is 5.95 Å². The summed E-state index contributed by atoms with van der Waals surface area (Å²) in [6.07, 6.45) is 4.56. The van der Waals surface area contributed by atoms with Gasteiger partial charge < -0.3 is 15.6 Å². The Morgan fingerprint density at radius 2 is 2.10 bits per heavy atom. The second-order valence-corrected chi connectivity index (χ2v) is 4.58. The molecule has 3 rings (SSSR count). The Morgan fingerprint density at radius 3 is 2.90 bits per heavy atom. The third-order valence-electron chi connectivity index (χ3n) is 3.18. The molecular weight excluding hydrogens is 252 g/mol. The van der Waals surface area contributed by atoms with Gasteiger partial charge >= 0.3 is 0 Å². The van der Waals surface area contributed by atoms with Gasteiger partial charge in [0.05, 0.1) is 5.52 Å². The maximum Gasteiger partial charge on any atom is 0.222 e. The standard InChI is InChI=1S/C14H16N6/c1-20-9-8-16-12(20)6-7-17-13-10-4-2-3-5-11(10)18-14(15)19-13/h2-5,8-9H,6-7H2,1H3,(H3,15,17,18,19). The predicted octanol–water partition coefficient (Wildman–Crippen LogP) is 1.60. The van der Waals surface area contributed by atoms with Crippen molar-refractivity contribution in [3.63, 3.8) is 0 Å². The number of aromatic nitrogens is 4. The second kappa shape index (κ2) is 5.16. The van der Waals surface area contributed by atoms with E-state index in [1.54, 1.807) is 6.20 Å². The number of hydrogen-bond donors (Lipinski definition) is 2. The highest BCUT2D eigenvalue weighted by Crippen LogP contribution is 2.20. The van der Waals surface area contributed by atoms with Gasteiger partial charge in [-0.15, -0.1) is 0 Å². The molecule has 6 nitrogen and oxygen atoms in total. The lowest BCUT2D eigenvalue weighted by Gasteiger charge is -2.09. The first-order valence-electron chi connectivity index (χ1n) is 6.46. The Balaban J connectivity index is 1.79. The van der Waals surface area contributed by atoms with Gasteiger partial charge in [0.1, 0.15) is 11.6 Å². The van der Waals surface area contributed by atoms with Crippen LogP contribution in [0.15, 0.2) is 36.7 Å². The number of anilines is 2. The van der Waals surface area contributed by atoms with Crippen LogP contribution in [0.1, 0.15) is 5.82 Å². The fourth-order valence-electron chi connectivity index (χ4n) is 2.16. The minimum Gasteiger partial charge on any atom is -0.369 e. The number of rotatable bonds is 4. The summed E-state index contributed by atoms with van der Waals surface area (Å²) in [4.78, 5) is 12.8. The van der Waals surface area contributed by atoms with Crippen LogP contribution in [0.2, 0.25) is 0 Å². The third-order valence-corrected chi connectivity index (χ3v) is 3.18. The number of imidazole rings is 1. The van der Waals surface area contributed by atoms with Crippen molar-refractivity contribution in [2.24, 2.45) is 7.05 Å². The summed E-state index contributed by atoms with van der Waals surface area (Å²) in [5.41, 5.74) is 6.58. The summed E-state index contributed by atoms with van der Waals surface area (Å²) in [6.45, 7) is 0.741. The first kappa shape index (κ1) is 12.4. The molecule has 0 aliphatic carbocycles. The largest absolute Gasteiger partial charge is 0.369 e. The minimum atomic E-state index is 0.281. The van der Waals surface area contributed by atoms with E-state index in [2.05, 4.69) is 20.3 Å². The van der Waals surface area contributed by atoms with Gasteiger partial charge in [0.25, 0.3) is 0 Å². The van der Waals surface area contributed by atoms with Crippen LogP contribution in [-0.2, 0) is 13.5 Å². The molecule has 3 aromatic rings. The number of para-hydroxylation sites is 1. The maximum atomic E-state index is 5.74. The lowest BCUT2D eigenvalue weighted by Crippen LogP contribution is -2.11. The molecule has 0 aliphatic heterocycles. The van der Waals surface area contributed by atoms with E-state index in [1.165, 1.54) is 0 Å². The zero-order valence-electron chi connectivity index (χ0n) is 11.2. The molecule has 2 aromatic heterocycles. The van der Waals surface area contributed by atoms with Crippen LogP contribution in [0.4, 0.5) is 11.8 Å². The minimum absolute atomic E-state index is 0.281. The van der Waals surface area contributed by atoms with Gasteiger partial charge in [0.15, 0.2) is 0 Å². The highest BCUT2D eigenvalue weighted by Gasteiger charge is 2.05. The molecule has 6 heteroatoms. The number of hydrogen-bond acceptors (Lipinski definition) is 5. The molecule has 1 aromatic carbocycles. The molecule has 0 amide bonds. The summed E-state index contributed by atoms with van der Waals surface area (Å²) < 4.78 is 2.01. The molecule has 102 valence electrons. The average molecular weight is 268 g/mol. The van der Waals surface area contributed by atoms with Gasteiger partial charge in [0, 0.05) is 37.8 Å². The first-order chi connectivity index (χ1) is 9.74. The van der Waals surface area contributed by atoms with Gasteiger partial charge in [-0.05, 0) is 12.1 Å². The number of nitrogen functional groups attached to an aromatic ring is 1. The number of aryl methyl sites for hydroxylation is 1. The Morgan fingerprint density at radius 1 is 1.25 bits per heavy atom. The van der Waals surface area contributed by atoms with E-state index in [0.29, 0.717) is 0 Å². The molecular formula is C14H16N6. The molecule has 0 saturated heterocycles. The van der Waals surface area contributed by atoms with Gasteiger partial charge in [-0.2, -0.15) is 4.98 Å². The van der Waals surface area contributed by atoms with E-state index in [4.69, 9.17) is 5.73 Å². The summed E-state index contributed by atoms with van der Waals surface area (Å²) in [5, 5.41) is 4.28. The fraction of sp³-hybridized carbons (Fsp3) is 0.214. The van der Waals surface area contributed by atoms with Crippen LogP contribution in [0.25, 0.3) is 10.9 Å². The summed E-state index contributed by atoms with van der Waals surface area (Å²) in [5.74, 6) is 2.08. The topological polar surface area (TPSA) is 81.7 Å². The normalized spacial score (nSPS) is 10.8. The summed E-state index contributed by atoms with van der Waals surface area (Å²) in [6, 6.07) is 7.81. The molecule has 0 unspecified atom stereocenters. The van der Waals surface area contributed by atoms with E-state index in [0.717, 1.165) is 35.5 Å². The van der Waals surface area contributed by atoms with Gasteiger partial charge in [-0.25, -0.2) is 9.97 Å². The van der Waals surface area contributed by atoms with Gasteiger partial charge in [-0.1, -0.05) is 12.1 Å². The number of nitrogens with one attached hydrogen (secondary N) is 1. The lowest BCUT2D eigenvalue weighted by molar-refractivity contribution is 0.789. The molecule has 0 spiro atoms. The number of fused-ring (bicyclic) bond motifs is 1. The van der Waals surface area contributed by atoms with Crippen molar-refractivity contribution in [2.75, 3.05) is 17.6 Å². The summed E-state index contributed by atoms with van der Waals surface area (Å²) >= 11 is 0. The van der Waals surface area contributed by atoms with Crippen molar-refractivity contribution >= 4 is 22.7 Å². The van der Waals surface area contributed by atoms with Gasteiger partial charge in [-0.3, -0.25) is 0 Å². The molecule has 0 aliphatic rings. The van der Waals surface area contributed by atoms with Crippen molar-refractivity contribution in [2.45, 2.75) is 6.42 Å². The van der Waals surface area contributed by atoms with Crippen molar-refractivity contribution in [3.05, 3.63) is 42.5 Å². The van der Waals surface area contributed by atoms with Crippen LogP contribution in [-0.4, -0.2) is 26.1 Å². The molecule has 0 fully saturated rings. The highest BCUT2D eigenvalue weighted by molar-refractivity contribution is 5.89. The zero-order chi connectivity index (χ0) is 13.9. The Kier molecular flexibility index (Phi) is 3.20. The number of nitrogens with two attached hydrogens (primary N) is 1. The Labute approximate surface area is 116 Å². The molecule has 20 heavy (non-hydrogen) atoms. The lowest BCUT2D eigenvalue weighted by atomic mass is 10.2. The molecule has 0 atom stereocenters. The quantitative estimate of drug-likeness (QED) is 0.751. The van der Waals surface area contributed by atoms with E-state index in [1.807, 2.05) is 42.1 Å². The average Bonchev–Trinajstić information content (AvgIpc) is 2.84. The van der Waals surface area contributed by atoms with Crippen molar-refractivity contribution in [1.29, 1.82) is 0 Å². The Bertz CT molecular complexity index is 733. The third kappa shape index (κ3) is 2.40.